The third-order valence-corrected chi connectivity index (χ3v) is 4.55. The molecular formula is C18H18N6O3. The van der Waals surface area contributed by atoms with E-state index in [9.17, 15) is 0 Å². The van der Waals surface area contributed by atoms with Gasteiger partial charge in [0.05, 0.1) is 25.1 Å². The molecule has 0 amide bonds. The molecule has 1 fully saturated rings. The van der Waals surface area contributed by atoms with Crippen LogP contribution in [0.5, 0.6) is 11.5 Å². The summed E-state index contributed by atoms with van der Waals surface area (Å²) in [6, 6.07) is 5.74. The lowest BCUT2D eigenvalue weighted by Crippen LogP contribution is -2.37. The highest BCUT2D eigenvalue weighted by molar-refractivity contribution is 5.85. The van der Waals surface area contributed by atoms with Crippen molar-refractivity contribution in [2.75, 3.05) is 50.2 Å². The Bertz CT molecular complexity index is 1010. The first-order valence-electron chi connectivity index (χ1n) is 8.81. The predicted octanol–water partition coefficient (Wildman–Crippen LogP) is 1.28. The highest BCUT2D eigenvalue weighted by atomic mass is 16.6. The van der Waals surface area contributed by atoms with E-state index in [1.54, 1.807) is 6.20 Å². The molecule has 2 N–H and O–H groups in total. The molecule has 138 valence electrons. The number of hydrogen-bond acceptors (Lipinski definition) is 9. The van der Waals surface area contributed by atoms with Gasteiger partial charge in [-0.1, -0.05) is 0 Å². The highest BCUT2D eigenvalue weighted by Crippen LogP contribution is 2.34. The quantitative estimate of drug-likeness (QED) is 0.717. The lowest BCUT2D eigenvalue weighted by Gasteiger charge is -2.28. The third kappa shape index (κ3) is 2.95. The molecule has 1 aromatic carbocycles. The summed E-state index contributed by atoms with van der Waals surface area (Å²) >= 11 is 0. The van der Waals surface area contributed by atoms with Crippen molar-refractivity contribution in [3.63, 3.8) is 0 Å². The normalized spacial score (nSPS) is 16.5. The first kappa shape index (κ1) is 16.0. The van der Waals surface area contributed by atoms with E-state index >= 15 is 0 Å². The minimum atomic E-state index is 0.186. The summed E-state index contributed by atoms with van der Waals surface area (Å²) in [6.45, 7) is 3.82. The minimum absolute atomic E-state index is 0.186. The van der Waals surface area contributed by atoms with Crippen molar-refractivity contribution < 1.29 is 14.2 Å². The van der Waals surface area contributed by atoms with Gasteiger partial charge in [-0.2, -0.15) is 9.97 Å². The van der Waals surface area contributed by atoms with Crippen molar-refractivity contribution in [1.29, 1.82) is 0 Å². The van der Waals surface area contributed by atoms with Crippen LogP contribution < -0.4 is 20.1 Å². The molecule has 9 heteroatoms. The van der Waals surface area contributed by atoms with Crippen LogP contribution in [0.4, 0.5) is 11.8 Å². The summed E-state index contributed by atoms with van der Waals surface area (Å²) < 4.78 is 16.7. The number of rotatable bonds is 2. The number of nitrogen functional groups attached to an aromatic ring is 1. The van der Waals surface area contributed by atoms with E-state index in [4.69, 9.17) is 24.9 Å². The van der Waals surface area contributed by atoms with Gasteiger partial charge in [0, 0.05) is 18.7 Å². The van der Waals surface area contributed by atoms with E-state index in [0.29, 0.717) is 54.9 Å². The Morgan fingerprint density at radius 1 is 0.926 bits per heavy atom. The molecule has 5 rings (SSSR count). The number of anilines is 2. The summed E-state index contributed by atoms with van der Waals surface area (Å²) in [5.41, 5.74) is 8.58. The number of aromatic nitrogens is 4. The molecule has 2 aliphatic rings. The predicted molar refractivity (Wildman–Crippen MR) is 99.0 cm³/mol. The van der Waals surface area contributed by atoms with Crippen LogP contribution >= 0.6 is 0 Å². The number of nitrogens with two attached hydrogens (primary N) is 1. The van der Waals surface area contributed by atoms with E-state index in [0.717, 1.165) is 24.4 Å². The molecular weight excluding hydrogens is 348 g/mol. The zero-order valence-corrected chi connectivity index (χ0v) is 14.6. The molecule has 1 saturated heterocycles. The lowest BCUT2D eigenvalue weighted by molar-refractivity contribution is 0.122. The molecule has 9 nitrogen and oxygen atoms in total. The average molecular weight is 366 g/mol. The van der Waals surface area contributed by atoms with Gasteiger partial charge in [-0.15, -0.1) is 0 Å². The smallest absolute Gasteiger partial charge is 0.224 e. The third-order valence-electron chi connectivity index (χ3n) is 4.55. The van der Waals surface area contributed by atoms with Crippen LogP contribution in [0.15, 0.2) is 24.4 Å². The second-order valence-corrected chi connectivity index (χ2v) is 6.29. The van der Waals surface area contributed by atoms with Crippen LogP contribution in [-0.4, -0.2) is 59.5 Å². The fourth-order valence-electron chi connectivity index (χ4n) is 3.25. The molecule has 27 heavy (non-hydrogen) atoms. The number of hydrogen-bond donors (Lipinski definition) is 1. The summed E-state index contributed by atoms with van der Waals surface area (Å²) in [7, 11) is 0. The van der Waals surface area contributed by atoms with E-state index in [2.05, 4.69) is 19.9 Å². The summed E-state index contributed by atoms with van der Waals surface area (Å²) in [5, 5.41) is 0. The number of morpholine rings is 1. The molecule has 0 saturated carbocycles. The van der Waals surface area contributed by atoms with Crippen LogP contribution in [0.2, 0.25) is 0 Å². The summed E-state index contributed by atoms with van der Waals surface area (Å²) in [4.78, 5) is 20.0. The fraction of sp³-hybridized carbons (Fsp3) is 0.333. The van der Waals surface area contributed by atoms with Gasteiger partial charge in [-0.25, -0.2) is 9.97 Å². The number of benzene rings is 1. The van der Waals surface area contributed by atoms with Crippen LogP contribution in [0, 0.1) is 0 Å². The van der Waals surface area contributed by atoms with Gasteiger partial charge in [0.2, 0.25) is 5.95 Å². The van der Waals surface area contributed by atoms with Gasteiger partial charge in [-0.05, 0) is 18.2 Å². The average Bonchev–Trinajstić information content (AvgIpc) is 2.73. The number of ether oxygens (including phenoxy) is 3. The van der Waals surface area contributed by atoms with Crippen LogP contribution in [0.3, 0.4) is 0 Å². The first-order chi connectivity index (χ1) is 13.3. The largest absolute Gasteiger partial charge is 0.486 e. The van der Waals surface area contributed by atoms with Gasteiger partial charge in [-0.3, -0.25) is 0 Å². The molecule has 0 atom stereocenters. The Balaban J connectivity index is 1.61. The molecule has 4 heterocycles. The monoisotopic (exact) mass is 366 g/mol. The fourth-order valence-corrected chi connectivity index (χ4v) is 3.25. The van der Waals surface area contributed by atoms with Crippen molar-refractivity contribution in [2.24, 2.45) is 0 Å². The lowest BCUT2D eigenvalue weighted by atomic mass is 10.1. The molecule has 0 bridgehead atoms. The Kier molecular flexibility index (Phi) is 3.86. The molecule has 0 spiro atoms. The molecule has 3 aromatic rings. The Morgan fingerprint density at radius 2 is 1.74 bits per heavy atom. The van der Waals surface area contributed by atoms with Gasteiger partial charge in [0.25, 0.3) is 0 Å². The molecule has 0 aliphatic carbocycles. The van der Waals surface area contributed by atoms with Gasteiger partial charge in [0.15, 0.2) is 28.5 Å². The highest BCUT2D eigenvalue weighted by Gasteiger charge is 2.20. The topological polar surface area (TPSA) is 109 Å². The SMILES string of the molecule is Nc1nc(N2CCOCC2)c2nc(-c3ccc4c(c3)OCCO4)cnc2n1. The maximum absolute atomic E-state index is 5.88. The van der Waals surface area contributed by atoms with Crippen molar-refractivity contribution in [3.05, 3.63) is 24.4 Å². The molecule has 2 aromatic heterocycles. The maximum atomic E-state index is 5.88. The van der Waals surface area contributed by atoms with E-state index in [1.807, 2.05) is 18.2 Å². The Labute approximate surface area is 155 Å². The van der Waals surface area contributed by atoms with E-state index in [1.165, 1.54) is 0 Å². The first-order valence-corrected chi connectivity index (χ1v) is 8.81. The van der Waals surface area contributed by atoms with Crippen LogP contribution in [0.1, 0.15) is 0 Å². The van der Waals surface area contributed by atoms with Crippen molar-refractivity contribution in [1.82, 2.24) is 19.9 Å². The Morgan fingerprint density at radius 3 is 2.59 bits per heavy atom. The summed E-state index contributed by atoms with van der Waals surface area (Å²) in [5.74, 6) is 2.32. The van der Waals surface area contributed by atoms with Gasteiger partial charge >= 0.3 is 0 Å². The minimum Gasteiger partial charge on any atom is -0.486 e. The second kappa shape index (κ2) is 6.51. The molecule has 2 aliphatic heterocycles. The zero-order valence-electron chi connectivity index (χ0n) is 14.6. The second-order valence-electron chi connectivity index (χ2n) is 6.29. The van der Waals surface area contributed by atoms with Crippen molar-refractivity contribution in [3.8, 4) is 22.8 Å². The molecule has 0 radical (unpaired) electrons. The standard InChI is InChI=1S/C18H18N6O3/c19-18-22-16-15(17(23-18)24-3-5-25-6-4-24)21-12(10-20-16)11-1-2-13-14(9-11)27-8-7-26-13/h1-2,9-10H,3-8H2,(H2,19,20,22,23). The van der Waals surface area contributed by atoms with Crippen LogP contribution in [0.25, 0.3) is 22.4 Å². The number of nitrogens with zero attached hydrogens (tertiary/aromatic N) is 5. The zero-order chi connectivity index (χ0) is 18.2. The van der Waals surface area contributed by atoms with Crippen molar-refractivity contribution >= 4 is 22.9 Å². The van der Waals surface area contributed by atoms with Gasteiger partial charge in [0.1, 0.15) is 13.2 Å². The van der Waals surface area contributed by atoms with E-state index in [-0.39, 0.29) is 5.95 Å². The maximum Gasteiger partial charge on any atom is 0.224 e. The van der Waals surface area contributed by atoms with E-state index < -0.39 is 0 Å². The van der Waals surface area contributed by atoms with Gasteiger partial charge < -0.3 is 24.8 Å². The summed E-state index contributed by atoms with van der Waals surface area (Å²) in [6.07, 6.45) is 1.68. The Hall–Kier alpha value is -3.20. The molecule has 0 unspecified atom stereocenters. The number of fused-ring (bicyclic) bond motifs is 2. The van der Waals surface area contributed by atoms with Crippen LogP contribution in [-0.2, 0) is 4.74 Å². The van der Waals surface area contributed by atoms with Crippen molar-refractivity contribution in [2.45, 2.75) is 0 Å².